The lowest BCUT2D eigenvalue weighted by atomic mass is 9.99. The molecule has 1 aromatic carbocycles. The first-order chi connectivity index (χ1) is 12.4. The van der Waals surface area contributed by atoms with Crippen LogP contribution in [0.3, 0.4) is 0 Å². The minimum absolute atomic E-state index is 0.112. The van der Waals surface area contributed by atoms with Gasteiger partial charge >= 0.3 is 5.63 Å². The van der Waals surface area contributed by atoms with Crippen LogP contribution in [0.1, 0.15) is 36.7 Å². The van der Waals surface area contributed by atoms with Crippen molar-refractivity contribution in [3.8, 4) is 0 Å². The number of aryl methyl sites for hydroxylation is 1. The molecule has 3 aromatic rings. The number of nitrogens with zero attached hydrogens (tertiary/aromatic N) is 1. The van der Waals surface area contributed by atoms with Crippen LogP contribution < -0.4 is 10.9 Å². The first kappa shape index (κ1) is 17.9. The molecule has 3 rings (SSSR count). The molecule has 0 saturated heterocycles. The Bertz CT molecular complexity index is 977. The molecule has 0 aliphatic heterocycles. The molecule has 1 atom stereocenters. The van der Waals surface area contributed by atoms with E-state index in [1.807, 2.05) is 57.2 Å². The summed E-state index contributed by atoms with van der Waals surface area (Å²) in [5.74, 6) is 0.0379. The van der Waals surface area contributed by atoms with E-state index in [1.54, 1.807) is 6.20 Å². The van der Waals surface area contributed by atoms with Gasteiger partial charge in [0.15, 0.2) is 0 Å². The fourth-order valence-corrected chi connectivity index (χ4v) is 3.02. The molecule has 26 heavy (non-hydrogen) atoms. The van der Waals surface area contributed by atoms with Crippen LogP contribution in [-0.4, -0.2) is 10.9 Å². The minimum atomic E-state index is -0.448. The second kappa shape index (κ2) is 7.52. The molecule has 0 fully saturated rings. The van der Waals surface area contributed by atoms with Crippen LogP contribution in [0.5, 0.6) is 0 Å². The van der Waals surface area contributed by atoms with E-state index in [1.165, 1.54) is 6.07 Å². The Morgan fingerprint density at radius 3 is 2.69 bits per heavy atom. The summed E-state index contributed by atoms with van der Waals surface area (Å²) in [4.78, 5) is 28.8. The average molecular weight is 350 g/mol. The second-order valence-corrected chi connectivity index (χ2v) is 6.81. The monoisotopic (exact) mass is 350 g/mol. The van der Waals surface area contributed by atoms with Gasteiger partial charge in [-0.05, 0) is 42.2 Å². The highest BCUT2D eigenvalue weighted by molar-refractivity contribution is 5.87. The SMILES string of the molecule is Cc1ccc2c(CC(=O)N[C@H](c3ccccn3)C(C)C)cc(=O)oc2c1. The number of rotatable bonds is 5. The first-order valence-electron chi connectivity index (χ1n) is 8.67. The Kier molecular flexibility index (Phi) is 5.16. The molecule has 1 amide bonds. The topological polar surface area (TPSA) is 72.2 Å². The van der Waals surface area contributed by atoms with E-state index in [2.05, 4.69) is 10.3 Å². The molecular weight excluding hydrogens is 328 g/mol. The maximum absolute atomic E-state index is 12.7. The summed E-state index contributed by atoms with van der Waals surface area (Å²) in [6.45, 7) is 6.00. The van der Waals surface area contributed by atoms with Gasteiger partial charge in [-0.1, -0.05) is 32.0 Å². The second-order valence-electron chi connectivity index (χ2n) is 6.81. The van der Waals surface area contributed by atoms with Crippen LogP contribution in [0.2, 0.25) is 0 Å². The van der Waals surface area contributed by atoms with Crippen LogP contribution in [-0.2, 0) is 11.2 Å². The molecule has 0 bridgehead atoms. The van der Waals surface area contributed by atoms with E-state index in [9.17, 15) is 9.59 Å². The Balaban J connectivity index is 1.86. The van der Waals surface area contributed by atoms with Crippen molar-refractivity contribution in [1.29, 1.82) is 0 Å². The summed E-state index contributed by atoms with van der Waals surface area (Å²) in [6.07, 6.45) is 1.83. The standard InChI is InChI=1S/C21H22N2O3/c1-13(2)21(17-6-4-5-9-22-17)23-19(24)11-15-12-20(25)26-18-10-14(3)7-8-16(15)18/h4-10,12-13,21H,11H2,1-3H3,(H,23,24)/t21-/m0/s1. The van der Waals surface area contributed by atoms with Crippen LogP contribution >= 0.6 is 0 Å². The Hall–Kier alpha value is -2.95. The fraction of sp³-hybridized carbons (Fsp3) is 0.286. The largest absolute Gasteiger partial charge is 0.423 e. The van der Waals surface area contributed by atoms with Crippen molar-refractivity contribution >= 4 is 16.9 Å². The summed E-state index contributed by atoms with van der Waals surface area (Å²) in [7, 11) is 0. The molecule has 2 heterocycles. The number of hydrogen-bond donors (Lipinski definition) is 1. The third-order valence-electron chi connectivity index (χ3n) is 4.33. The van der Waals surface area contributed by atoms with E-state index >= 15 is 0 Å². The summed E-state index contributed by atoms with van der Waals surface area (Å²) >= 11 is 0. The van der Waals surface area contributed by atoms with Crippen molar-refractivity contribution in [3.05, 3.63) is 75.9 Å². The Morgan fingerprint density at radius 1 is 1.19 bits per heavy atom. The zero-order chi connectivity index (χ0) is 18.7. The van der Waals surface area contributed by atoms with Gasteiger partial charge in [0.25, 0.3) is 0 Å². The molecule has 5 heteroatoms. The maximum Gasteiger partial charge on any atom is 0.336 e. The molecule has 134 valence electrons. The van der Waals surface area contributed by atoms with Crippen molar-refractivity contribution in [2.45, 2.75) is 33.2 Å². The lowest BCUT2D eigenvalue weighted by molar-refractivity contribution is -0.121. The van der Waals surface area contributed by atoms with Crippen LogP contribution in [0.4, 0.5) is 0 Å². The molecule has 0 unspecified atom stereocenters. The van der Waals surface area contributed by atoms with Crippen LogP contribution in [0.15, 0.2) is 57.9 Å². The number of pyridine rings is 1. The number of carbonyl (C=O) groups is 1. The van der Waals surface area contributed by atoms with Crippen molar-refractivity contribution in [2.75, 3.05) is 0 Å². The van der Waals surface area contributed by atoms with Crippen molar-refractivity contribution < 1.29 is 9.21 Å². The number of hydrogen-bond acceptors (Lipinski definition) is 4. The number of benzene rings is 1. The minimum Gasteiger partial charge on any atom is -0.423 e. The van der Waals surface area contributed by atoms with Gasteiger partial charge < -0.3 is 9.73 Å². The summed E-state index contributed by atoms with van der Waals surface area (Å²) in [6, 6.07) is 12.5. The summed E-state index contributed by atoms with van der Waals surface area (Å²) in [5.41, 5.74) is 2.54. The Labute approximate surface area is 152 Å². The molecule has 1 N–H and O–H groups in total. The van der Waals surface area contributed by atoms with E-state index in [-0.39, 0.29) is 24.3 Å². The predicted molar refractivity (Wildman–Crippen MR) is 101 cm³/mol. The molecule has 0 spiro atoms. The van der Waals surface area contributed by atoms with Crippen LogP contribution in [0, 0.1) is 12.8 Å². The van der Waals surface area contributed by atoms with Crippen molar-refractivity contribution in [2.24, 2.45) is 5.92 Å². The maximum atomic E-state index is 12.7. The summed E-state index contributed by atoms with van der Waals surface area (Å²) in [5, 5.41) is 3.82. The van der Waals surface area contributed by atoms with Gasteiger partial charge in [0.1, 0.15) is 5.58 Å². The Morgan fingerprint density at radius 2 is 2.00 bits per heavy atom. The number of carbonyl (C=O) groups excluding carboxylic acids is 1. The van der Waals surface area contributed by atoms with Crippen LogP contribution in [0.25, 0.3) is 11.0 Å². The van der Waals surface area contributed by atoms with Gasteiger partial charge in [0.2, 0.25) is 5.91 Å². The van der Waals surface area contributed by atoms with E-state index in [4.69, 9.17) is 4.42 Å². The van der Waals surface area contributed by atoms with Crippen molar-refractivity contribution in [3.63, 3.8) is 0 Å². The first-order valence-corrected chi connectivity index (χ1v) is 8.67. The lowest BCUT2D eigenvalue weighted by Crippen LogP contribution is -2.33. The normalized spacial score (nSPS) is 12.3. The zero-order valence-corrected chi connectivity index (χ0v) is 15.2. The number of fused-ring (bicyclic) bond motifs is 1. The molecule has 0 aliphatic carbocycles. The fourth-order valence-electron chi connectivity index (χ4n) is 3.02. The molecule has 0 radical (unpaired) electrons. The molecule has 5 nitrogen and oxygen atoms in total. The number of aromatic nitrogens is 1. The number of amides is 1. The van der Waals surface area contributed by atoms with Gasteiger partial charge in [-0.15, -0.1) is 0 Å². The highest BCUT2D eigenvalue weighted by atomic mass is 16.4. The van der Waals surface area contributed by atoms with E-state index < -0.39 is 5.63 Å². The molecular formula is C21H22N2O3. The van der Waals surface area contributed by atoms with E-state index in [0.717, 1.165) is 16.6 Å². The lowest BCUT2D eigenvalue weighted by Gasteiger charge is -2.22. The third kappa shape index (κ3) is 3.99. The van der Waals surface area contributed by atoms with E-state index in [0.29, 0.717) is 11.1 Å². The highest BCUT2D eigenvalue weighted by Gasteiger charge is 2.20. The van der Waals surface area contributed by atoms with Gasteiger partial charge in [-0.25, -0.2) is 4.79 Å². The average Bonchev–Trinajstić information content (AvgIpc) is 2.59. The third-order valence-corrected chi connectivity index (χ3v) is 4.33. The smallest absolute Gasteiger partial charge is 0.336 e. The van der Waals surface area contributed by atoms with Gasteiger partial charge in [-0.3, -0.25) is 9.78 Å². The molecule has 0 aliphatic rings. The number of nitrogens with one attached hydrogen (secondary N) is 1. The predicted octanol–water partition coefficient (Wildman–Crippen LogP) is 3.55. The summed E-state index contributed by atoms with van der Waals surface area (Å²) < 4.78 is 5.26. The van der Waals surface area contributed by atoms with Crippen molar-refractivity contribution in [1.82, 2.24) is 10.3 Å². The highest BCUT2D eigenvalue weighted by Crippen LogP contribution is 2.21. The van der Waals surface area contributed by atoms with Gasteiger partial charge in [-0.2, -0.15) is 0 Å². The van der Waals surface area contributed by atoms with Gasteiger partial charge in [0.05, 0.1) is 18.2 Å². The zero-order valence-electron chi connectivity index (χ0n) is 15.2. The molecule has 0 saturated carbocycles. The quantitative estimate of drug-likeness (QED) is 0.714. The van der Waals surface area contributed by atoms with Gasteiger partial charge in [0, 0.05) is 17.6 Å². The molecule has 2 aromatic heterocycles.